The Morgan fingerprint density at radius 2 is 2.00 bits per heavy atom. The molecule has 0 aromatic carbocycles. The summed E-state index contributed by atoms with van der Waals surface area (Å²) in [6.07, 6.45) is 2.08. The van der Waals surface area contributed by atoms with Gasteiger partial charge in [0.1, 0.15) is 5.82 Å². The molecule has 0 spiro atoms. The van der Waals surface area contributed by atoms with E-state index in [0.29, 0.717) is 23.4 Å². The Morgan fingerprint density at radius 3 is 2.68 bits per heavy atom. The van der Waals surface area contributed by atoms with Crippen molar-refractivity contribution in [3.63, 3.8) is 0 Å². The van der Waals surface area contributed by atoms with Gasteiger partial charge in [-0.1, -0.05) is 13.8 Å². The number of ether oxygens (including phenoxy) is 1. The predicted molar refractivity (Wildman–Crippen MR) is 78.2 cm³/mol. The Kier molecular flexibility index (Phi) is 4.47. The third-order valence-electron chi connectivity index (χ3n) is 3.87. The largest absolute Gasteiger partial charge is 0.425 e. The van der Waals surface area contributed by atoms with E-state index >= 15 is 0 Å². The van der Waals surface area contributed by atoms with Crippen LogP contribution >= 0.6 is 0 Å². The number of halogens is 1. The Labute approximate surface area is 128 Å². The quantitative estimate of drug-likeness (QED) is 0.868. The highest BCUT2D eigenvalue weighted by molar-refractivity contribution is 5.19. The first-order valence-corrected chi connectivity index (χ1v) is 7.69. The van der Waals surface area contributed by atoms with Crippen molar-refractivity contribution in [2.75, 3.05) is 13.2 Å². The molecule has 0 saturated carbocycles. The van der Waals surface area contributed by atoms with Gasteiger partial charge in [-0.25, -0.2) is 4.39 Å². The first-order chi connectivity index (χ1) is 10.6. The standard InChI is InChI=1S/C16H20FN3O2/c1-10(2)16-20-19-15(22-16)9-14-12(17)3-4-13(18-14)11-5-7-21-8-6-11/h3-4,10-11H,5-9H2,1-2H3. The minimum atomic E-state index is -0.333. The molecule has 118 valence electrons. The van der Waals surface area contributed by atoms with Crippen molar-refractivity contribution in [1.29, 1.82) is 0 Å². The first kappa shape index (κ1) is 15.1. The van der Waals surface area contributed by atoms with Gasteiger partial charge in [-0.05, 0) is 25.0 Å². The third kappa shape index (κ3) is 3.32. The van der Waals surface area contributed by atoms with Crippen LogP contribution in [0.25, 0.3) is 0 Å². The van der Waals surface area contributed by atoms with Crippen LogP contribution in [0.1, 0.15) is 61.7 Å². The van der Waals surface area contributed by atoms with Gasteiger partial charge in [-0.3, -0.25) is 4.98 Å². The van der Waals surface area contributed by atoms with Gasteiger partial charge in [0.05, 0.1) is 12.1 Å². The van der Waals surface area contributed by atoms with Crippen LogP contribution in [0.5, 0.6) is 0 Å². The number of aromatic nitrogens is 3. The van der Waals surface area contributed by atoms with Crippen LogP contribution in [-0.4, -0.2) is 28.4 Å². The maximum absolute atomic E-state index is 14.0. The zero-order valence-electron chi connectivity index (χ0n) is 12.9. The molecule has 2 aromatic heterocycles. The second-order valence-corrected chi connectivity index (χ2v) is 5.92. The van der Waals surface area contributed by atoms with E-state index in [-0.39, 0.29) is 18.2 Å². The molecule has 6 heteroatoms. The molecule has 22 heavy (non-hydrogen) atoms. The molecule has 0 amide bonds. The number of hydrogen-bond donors (Lipinski definition) is 0. The summed E-state index contributed by atoms with van der Waals surface area (Å²) in [6, 6.07) is 3.25. The Bertz CT molecular complexity index is 636. The molecule has 3 rings (SSSR count). The molecule has 0 aliphatic carbocycles. The van der Waals surface area contributed by atoms with E-state index in [1.165, 1.54) is 6.07 Å². The smallest absolute Gasteiger partial charge is 0.222 e. The lowest BCUT2D eigenvalue weighted by Gasteiger charge is -2.21. The summed E-state index contributed by atoms with van der Waals surface area (Å²) < 4.78 is 24.9. The molecule has 5 nitrogen and oxygen atoms in total. The lowest BCUT2D eigenvalue weighted by atomic mass is 9.95. The normalized spacial score (nSPS) is 16.4. The van der Waals surface area contributed by atoms with Crippen molar-refractivity contribution < 1.29 is 13.5 Å². The average molecular weight is 305 g/mol. The molecule has 0 N–H and O–H groups in total. The Morgan fingerprint density at radius 1 is 1.23 bits per heavy atom. The molecule has 3 heterocycles. The summed E-state index contributed by atoms with van der Waals surface area (Å²) >= 11 is 0. The molecule has 1 aliphatic heterocycles. The molecular formula is C16H20FN3O2. The summed E-state index contributed by atoms with van der Waals surface area (Å²) in [5.41, 5.74) is 1.28. The van der Waals surface area contributed by atoms with E-state index in [1.807, 2.05) is 13.8 Å². The molecular weight excluding hydrogens is 285 g/mol. The van der Waals surface area contributed by atoms with Crippen LogP contribution in [0.4, 0.5) is 4.39 Å². The fourth-order valence-electron chi connectivity index (χ4n) is 2.56. The van der Waals surface area contributed by atoms with Crippen LogP contribution in [-0.2, 0) is 11.2 Å². The van der Waals surface area contributed by atoms with E-state index in [0.717, 1.165) is 31.7 Å². The predicted octanol–water partition coefficient (Wildman–Crippen LogP) is 3.21. The van der Waals surface area contributed by atoms with Crippen molar-refractivity contribution in [3.05, 3.63) is 41.1 Å². The zero-order chi connectivity index (χ0) is 15.5. The summed E-state index contributed by atoms with van der Waals surface area (Å²) in [7, 11) is 0. The molecule has 1 saturated heterocycles. The van der Waals surface area contributed by atoms with Crippen molar-refractivity contribution in [2.45, 2.75) is 44.9 Å². The molecule has 2 aromatic rings. The van der Waals surface area contributed by atoms with E-state index in [1.54, 1.807) is 6.07 Å². The molecule has 1 fully saturated rings. The van der Waals surface area contributed by atoms with E-state index in [9.17, 15) is 4.39 Å². The second-order valence-electron chi connectivity index (χ2n) is 5.92. The maximum Gasteiger partial charge on any atom is 0.222 e. The fraction of sp³-hybridized carbons (Fsp3) is 0.562. The van der Waals surface area contributed by atoms with Crippen molar-refractivity contribution in [3.8, 4) is 0 Å². The highest BCUT2D eigenvalue weighted by Gasteiger charge is 2.20. The summed E-state index contributed by atoms with van der Waals surface area (Å²) in [5, 5.41) is 7.94. The average Bonchev–Trinajstić information content (AvgIpc) is 2.99. The monoisotopic (exact) mass is 305 g/mol. The molecule has 1 aliphatic rings. The SMILES string of the molecule is CC(C)c1nnc(Cc2nc(C3CCOCC3)ccc2F)o1. The number of nitrogens with zero attached hydrogens (tertiary/aromatic N) is 3. The third-order valence-corrected chi connectivity index (χ3v) is 3.87. The van der Waals surface area contributed by atoms with Gasteiger partial charge in [-0.2, -0.15) is 0 Å². The molecule has 0 atom stereocenters. The number of hydrogen-bond acceptors (Lipinski definition) is 5. The Balaban J connectivity index is 1.79. The highest BCUT2D eigenvalue weighted by Crippen LogP contribution is 2.26. The first-order valence-electron chi connectivity index (χ1n) is 7.69. The summed E-state index contributed by atoms with van der Waals surface area (Å²) in [4.78, 5) is 4.49. The van der Waals surface area contributed by atoms with Crippen LogP contribution < -0.4 is 0 Å². The lowest BCUT2D eigenvalue weighted by molar-refractivity contribution is 0.0844. The van der Waals surface area contributed by atoms with E-state index in [2.05, 4.69) is 15.2 Å². The summed E-state index contributed by atoms with van der Waals surface area (Å²) in [6.45, 7) is 5.42. The van der Waals surface area contributed by atoms with Gasteiger partial charge in [0.2, 0.25) is 11.8 Å². The fourth-order valence-corrected chi connectivity index (χ4v) is 2.56. The minimum absolute atomic E-state index is 0.160. The number of rotatable bonds is 4. The molecule has 0 unspecified atom stereocenters. The van der Waals surface area contributed by atoms with Gasteiger partial charge in [0.25, 0.3) is 0 Å². The van der Waals surface area contributed by atoms with Crippen LogP contribution in [0.3, 0.4) is 0 Å². The second kappa shape index (κ2) is 6.52. The van der Waals surface area contributed by atoms with Gasteiger partial charge < -0.3 is 9.15 Å². The summed E-state index contributed by atoms with van der Waals surface area (Å²) in [5.74, 6) is 1.13. The highest BCUT2D eigenvalue weighted by atomic mass is 19.1. The van der Waals surface area contributed by atoms with Gasteiger partial charge >= 0.3 is 0 Å². The molecule has 0 radical (unpaired) electrons. The Hall–Kier alpha value is -1.82. The van der Waals surface area contributed by atoms with Gasteiger partial charge in [-0.15, -0.1) is 10.2 Å². The van der Waals surface area contributed by atoms with Crippen LogP contribution in [0.15, 0.2) is 16.5 Å². The van der Waals surface area contributed by atoms with E-state index in [4.69, 9.17) is 9.15 Å². The van der Waals surface area contributed by atoms with E-state index < -0.39 is 0 Å². The lowest BCUT2D eigenvalue weighted by Crippen LogP contribution is -2.16. The van der Waals surface area contributed by atoms with Gasteiger partial charge in [0.15, 0.2) is 0 Å². The number of pyridine rings is 1. The van der Waals surface area contributed by atoms with Crippen LogP contribution in [0.2, 0.25) is 0 Å². The van der Waals surface area contributed by atoms with Gasteiger partial charge in [0, 0.05) is 30.7 Å². The van der Waals surface area contributed by atoms with Crippen molar-refractivity contribution in [1.82, 2.24) is 15.2 Å². The minimum Gasteiger partial charge on any atom is -0.425 e. The van der Waals surface area contributed by atoms with Crippen LogP contribution in [0, 0.1) is 5.82 Å². The molecule has 0 bridgehead atoms. The zero-order valence-corrected chi connectivity index (χ0v) is 12.9. The maximum atomic E-state index is 14.0. The van der Waals surface area contributed by atoms with Crippen molar-refractivity contribution >= 4 is 0 Å². The topological polar surface area (TPSA) is 61.0 Å². The van der Waals surface area contributed by atoms with Crippen molar-refractivity contribution in [2.24, 2.45) is 0 Å².